The first-order valence-electron chi connectivity index (χ1n) is 6.14. The van der Waals surface area contributed by atoms with E-state index in [0.29, 0.717) is 15.7 Å². The molecule has 2 amide bonds. The molecule has 0 spiro atoms. The number of thioether (sulfide) groups is 1. The fraction of sp³-hybridized carbons (Fsp3) is 0.0714. The quantitative estimate of drug-likeness (QED) is 0.502. The van der Waals surface area contributed by atoms with Crippen LogP contribution >= 0.6 is 35.0 Å². The third-order valence-corrected chi connectivity index (χ3v) is 3.98. The van der Waals surface area contributed by atoms with Gasteiger partial charge in [-0.3, -0.25) is 20.4 Å². The predicted octanol–water partition coefficient (Wildman–Crippen LogP) is 2.94. The van der Waals surface area contributed by atoms with Crippen molar-refractivity contribution in [2.24, 2.45) is 0 Å². The second-order valence-corrected chi connectivity index (χ2v) is 5.99. The fourth-order valence-electron chi connectivity index (χ4n) is 1.42. The SMILES string of the molecule is O=C(CSc1ccc(Cl)cc1)NNC(=O)c1ccc(Cl)nc1. The standard InChI is InChI=1S/C14H11Cl2N3O2S/c15-10-2-4-11(5-3-10)22-8-13(20)18-19-14(21)9-1-6-12(16)17-7-9/h1-7H,8H2,(H,18,20)(H,19,21). The number of pyridine rings is 1. The Hall–Kier alpha value is -1.76. The Bertz CT molecular complexity index is 663. The van der Waals surface area contributed by atoms with E-state index in [2.05, 4.69) is 15.8 Å². The van der Waals surface area contributed by atoms with Gasteiger partial charge < -0.3 is 0 Å². The van der Waals surface area contributed by atoms with Crippen molar-refractivity contribution in [3.8, 4) is 0 Å². The van der Waals surface area contributed by atoms with Gasteiger partial charge in [-0.25, -0.2) is 4.98 Å². The molecule has 1 aromatic heterocycles. The molecule has 2 N–H and O–H groups in total. The number of carbonyl (C=O) groups excluding carboxylic acids is 2. The lowest BCUT2D eigenvalue weighted by Crippen LogP contribution is -2.42. The first-order valence-corrected chi connectivity index (χ1v) is 7.88. The molecular weight excluding hydrogens is 345 g/mol. The van der Waals surface area contributed by atoms with Crippen LogP contribution in [0.25, 0.3) is 0 Å². The predicted molar refractivity (Wildman–Crippen MR) is 87.0 cm³/mol. The van der Waals surface area contributed by atoms with E-state index in [9.17, 15) is 9.59 Å². The Labute approximate surface area is 141 Å². The lowest BCUT2D eigenvalue weighted by atomic mass is 10.3. The number of carbonyl (C=O) groups is 2. The average Bonchev–Trinajstić information content (AvgIpc) is 2.52. The van der Waals surface area contributed by atoms with E-state index in [1.807, 2.05) is 12.1 Å². The molecule has 22 heavy (non-hydrogen) atoms. The molecule has 0 aliphatic rings. The van der Waals surface area contributed by atoms with Gasteiger partial charge in [-0.15, -0.1) is 11.8 Å². The van der Waals surface area contributed by atoms with Gasteiger partial charge >= 0.3 is 0 Å². The van der Waals surface area contributed by atoms with E-state index in [0.717, 1.165) is 4.90 Å². The van der Waals surface area contributed by atoms with E-state index >= 15 is 0 Å². The van der Waals surface area contributed by atoms with E-state index in [1.54, 1.807) is 12.1 Å². The number of benzene rings is 1. The third kappa shape index (κ3) is 5.22. The van der Waals surface area contributed by atoms with Crippen molar-refractivity contribution in [2.45, 2.75) is 4.90 Å². The first kappa shape index (κ1) is 16.6. The first-order chi connectivity index (χ1) is 10.5. The van der Waals surface area contributed by atoms with Crippen molar-refractivity contribution < 1.29 is 9.59 Å². The summed E-state index contributed by atoms with van der Waals surface area (Å²) in [5.41, 5.74) is 4.94. The lowest BCUT2D eigenvalue weighted by Gasteiger charge is -2.07. The molecule has 2 rings (SSSR count). The van der Waals surface area contributed by atoms with E-state index in [4.69, 9.17) is 23.2 Å². The van der Waals surface area contributed by atoms with Crippen molar-refractivity contribution in [1.29, 1.82) is 0 Å². The molecule has 0 saturated heterocycles. The van der Waals surface area contributed by atoms with Crippen LogP contribution in [0.5, 0.6) is 0 Å². The second kappa shape index (κ2) is 8.03. The molecule has 1 heterocycles. The maximum atomic E-state index is 11.7. The molecule has 5 nitrogen and oxygen atoms in total. The van der Waals surface area contributed by atoms with Crippen molar-refractivity contribution in [1.82, 2.24) is 15.8 Å². The van der Waals surface area contributed by atoms with Crippen LogP contribution in [-0.2, 0) is 4.79 Å². The van der Waals surface area contributed by atoms with Gasteiger partial charge in [0.2, 0.25) is 5.91 Å². The zero-order valence-corrected chi connectivity index (χ0v) is 13.5. The highest BCUT2D eigenvalue weighted by Gasteiger charge is 2.08. The van der Waals surface area contributed by atoms with Crippen LogP contribution in [0, 0.1) is 0 Å². The molecule has 0 unspecified atom stereocenters. The number of aromatic nitrogens is 1. The molecule has 0 aliphatic heterocycles. The highest BCUT2D eigenvalue weighted by atomic mass is 35.5. The van der Waals surface area contributed by atoms with Gasteiger partial charge in [-0.05, 0) is 36.4 Å². The molecular formula is C14H11Cl2N3O2S. The van der Waals surface area contributed by atoms with Gasteiger partial charge in [0.05, 0.1) is 11.3 Å². The fourth-order valence-corrected chi connectivity index (χ4v) is 2.36. The van der Waals surface area contributed by atoms with Crippen molar-refractivity contribution in [3.05, 3.63) is 58.3 Å². The minimum Gasteiger partial charge on any atom is -0.272 e. The molecule has 0 bridgehead atoms. The normalized spacial score (nSPS) is 10.1. The number of hydrazine groups is 1. The number of halogens is 2. The van der Waals surface area contributed by atoms with Gasteiger partial charge in [0.1, 0.15) is 5.15 Å². The van der Waals surface area contributed by atoms with Crippen LogP contribution in [0.15, 0.2) is 47.5 Å². The second-order valence-electron chi connectivity index (χ2n) is 4.11. The maximum Gasteiger partial charge on any atom is 0.271 e. The van der Waals surface area contributed by atoms with E-state index in [-0.39, 0.29) is 11.7 Å². The largest absolute Gasteiger partial charge is 0.272 e. The van der Waals surface area contributed by atoms with Crippen molar-refractivity contribution in [2.75, 3.05) is 5.75 Å². The van der Waals surface area contributed by atoms with Crippen molar-refractivity contribution in [3.63, 3.8) is 0 Å². The molecule has 1 aromatic carbocycles. The summed E-state index contributed by atoms with van der Waals surface area (Å²) in [6.07, 6.45) is 1.33. The summed E-state index contributed by atoms with van der Waals surface area (Å²) in [5, 5.41) is 0.928. The molecule has 0 saturated carbocycles. The highest BCUT2D eigenvalue weighted by Crippen LogP contribution is 2.19. The molecule has 114 valence electrons. The smallest absolute Gasteiger partial charge is 0.271 e. The maximum absolute atomic E-state index is 11.7. The molecule has 0 fully saturated rings. The Kier molecular flexibility index (Phi) is 6.06. The number of hydrogen-bond donors (Lipinski definition) is 2. The summed E-state index contributed by atoms with van der Waals surface area (Å²) in [4.78, 5) is 28.1. The van der Waals surface area contributed by atoms with Crippen LogP contribution in [0.2, 0.25) is 10.2 Å². The highest BCUT2D eigenvalue weighted by molar-refractivity contribution is 8.00. The molecule has 0 radical (unpaired) electrons. The summed E-state index contributed by atoms with van der Waals surface area (Å²) in [6.45, 7) is 0. The zero-order valence-electron chi connectivity index (χ0n) is 11.2. The Morgan fingerprint density at radius 1 is 1.05 bits per heavy atom. The summed E-state index contributed by atoms with van der Waals surface area (Å²) >= 11 is 12.7. The number of nitrogens with one attached hydrogen (secondary N) is 2. The van der Waals surface area contributed by atoms with Gasteiger partial charge in [-0.2, -0.15) is 0 Å². The minimum absolute atomic E-state index is 0.167. The van der Waals surface area contributed by atoms with Gasteiger partial charge in [0.15, 0.2) is 0 Å². The van der Waals surface area contributed by atoms with Gasteiger partial charge in [0.25, 0.3) is 5.91 Å². The number of amides is 2. The molecule has 0 aliphatic carbocycles. The monoisotopic (exact) mass is 355 g/mol. The van der Waals surface area contributed by atoms with Crippen molar-refractivity contribution >= 4 is 46.8 Å². The molecule has 0 atom stereocenters. The summed E-state index contributed by atoms with van der Waals surface area (Å²) in [5.74, 6) is -0.620. The van der Waals surface area contributed by atoms with E-state index in [1.165, 1.54) is 30.1 Å². The summed E-state index contributed by atoms with van der Waals surface area (Å²) in [7, 11) is 0. The number of nitrogens with zero attached hydrogens (tertiary/aromatic N) is 1. The topological polar surface area (TPSA) is 71.1 Å². The Morgan fingerprint density at radius 2 is 1.77 bits per heavy atom. The minimum atomic E-state index is -0.464. The summed E-state index contributed by atoms with van der Waals surface area (Å²) in [6, 6.07) is 10.1. The van der Waals surface area contributed by atoms with Gasteiger partial charge in [-0.1, -0.05) is 23.2 Å². The number of hydrogen-bond acceptors (Lipinski definition) is 4. The van der Waals surface area contributed by atoms with Crippen LogP contribution in [-0.4, -0.2) is 22.6 Å². The van der Waals surface area contributed by atoms with Gasteiger partial charge in [0, 0.05) is 16.1 Å². The molecule has 8 heteroatoms. The van der Waals surface area contributed by atoms with Crippen LogP contribution in [0.3, 0.4) is 0 Å². The molecule has 2 aromatic rings. The zero-order chi connectivity index (χ0) is 15.9. The third-order valence-electron chi connectivity index (χ3n) is 2.49. The Morgan fingerprint density at radius 3 is 2.41 bits per heavy atom. The lowest BCUT2D eigenvalue weighted by molar-refractivity contribution is -0.119. The Balaban J connectivity index is 1.76. The van der Waals surface area contributed by atoms with Crippen LogP contribution in [0.4, 0.5) is 0 Å². The van der Waals surface area contributed by atoms with E-state index < -0.39 is 5.91 Å². The van der Waals surface area contributed by atoms with Crippen LogP contribution < -0.4 is 10.9 Å². The average molecular weight is 356 g/mol. The summed E-state index contributed by atoms with van der Waals surface area (Å²) < 4.78 is 0. The number of rotatable bonds is 4. The van der Waals surface area contributed by atoms with Crippen LogP contribution in [0.1, 0.15) is 10.4 Å².